The SMILES string of the molecule is COCCCC1(O)CCC(C)(C)CC1. The number of methoxy groups -OCH3 is 1. The van der Waals surface area contributed by atoms with Crippen molar-refractivity contribution in [2.45, 2.75) is 58.0 Å². The first-order valence-corrected chi connectivity index (χ1v) is 5.69. The van der Waals surface area contributed by atoms with E-state index in [1.54, 1.807) is 7.11 Å². The van der Waals surface area contributed by atoms with E-state index in [4.69, 9.17) is 4.74 Å². The molecule has 0 saturated heterocycles. The van der Waals surface area contributed by atoms with E-state index in [-0.39, 0.29) is 0 Å². The third kappa shape index (κ3) is 3.58. The fourth-order valence-electron chi connectivity index (χ4n) is 2.19. The largest absolute Gasteiger partial charge is 0.390 e. The molecule has 2 nitrogen and oxygen atoms in total. The molecule has 14 heavy (non-hydrogen) atoms. The predicted octanol–water partition coefficient (Wildman–Crippen LogP) is 2.74. The van der Waals surface area contributed by atoms with Gasteiger partial charge in [-0.2, -0.15) is 0 Å². The van der Waals surface area contributed by atoms with Crippen molar-refractivity contribution in [3.8, 4) is 0 Å². The highest BCUT2D eigenvalue weighted by atomic mass is 16.5. The van der Waals surface area contributed by atoms with Crippen LogP contribution in [0.25, 0.3) is 0 Å². The first-order valence-electron chi connectivity index (χ1n) is 5.69. The Morgan fingerprint density at radius 2 is 1.71 bits per heavy atom. The molecule has 1 fully saturated rings. The van der Waals surface area contributed by atoms with Crippen LogP contribution in [0.2, 0.25) is 0 Å². The highest BCUT2D eigenvalue weighted by Crippen LogP contribution is 2.41. The number of ether oxygens (including phenoxy) is 1. The zero-order valence-electron chi connectivity index (χ0n) is 9.81. The summed E-state index contributed by atoms with van der Waals surface area (Å²) in [5.41, 5.74) is 0.0432. The molecular weight excluding hydrogens is 176 g/mol. The molecule has 0 amide bonds. The lowest BCUT2D eigenvalue weighted by Crippen LogP contribution is -2.37. The Hall–Kier alpha value is -0.0800. The summed E-state index contributed by atoms with van der Waals surface area (Å²) in [5.74, 6) is 0. The van der Waals surface area contributed by atoms with Crippen molar-refractivity contribution in [1.82, 2.24) is 0 Å². The summed E-state index contributed by atoms with van der Waals surface area (Å²) in [6.45, 7) is 5.36. The Bertz CT molecular complexity index is 165. The molecule has 0 bridgehead atoms. The molecule has 0 aromatic rings. The summed E-state index contributed by atoms with van der Waals surface area (Å²) in [7, 11) is 1.72. The van der Waals surface area contributed by atoms with Gasteiger partial charge in [-0.25, -0.2) is 0 Å². The van der Waals surface area contributed by atoms with Crippen LogP contribution >= 0.6 is 0 Å². The van der Waals surface area contributed by atoms with Gasteiger partial charge in [-0.3, -0.25) is 0 Å². The summed E-state index contributed by atoms with van der Waals surface area (Å²) >= 11 is 0. The summed E-state index contributed by atoms with van der Waals surface area (Å²) in [6, 6.07) is 0. The number of hydrogen-bond donors (Lipinski definition) is 1. The molecule has 1 N–H and O–H groups in total. The molecule has 1 saturated carbocycles. The maximum atomic E-state index is 10.3. The lowest BCUT2D eigenvalue weighted by Gasteiger charge is -2.40. The average Bonchev–Trinajstić information content (AvgIpc) is 2.12. The molecular formula is C12H24O2. The number of aliphatic hydroxyl groups is 1. The van der Waals surface area contributed by atoms with E-state index in [9.17, 15) is 5.11 Å². The number of rotatable bonds is 4. The second-order valence-electron chi connectivity index (χ2n) is 5.48. The Balaban J connectivity index is 2.30. The standard InChI is InChI=1S/C12H24O2/c1-11(2)6-8-12(13,9-7-11)5-4-10-14-3/h13H,4-10H2,1-3H3. The minimum atomic E-state index is -0.395. The summed E-state index contributed by atoms with van der Waals surface area (Å²) < 4.78 is 5.01. The smallest absolute Gasteiger partial charge is 0.0649 e. The molecule has 2 heteroatoms. The Morgan fingerprint density at radius 3 is 2.21 bits per heavy atom. The lowest BCUT2D eigenvalue weighted by atomic mass is 9.70. The number of hydrogen-bond acceptors (Lipinski definition) is 2. The van der Waals surface area contributed by atoms with Gasteiger partial charge in [-0.1, -0.05) is 13.8 Å². The quantitative estimate of drug-likeness (QED) is 0.707. The molecule has 1 aliphatic carbocycles. The lowest BCUT2D eigenvalue weighted by molar-refractivity contribution is -0.0368. The van der Waals surface area contributed by atoms with Crippen LogP contribution < -0.4 is 0 Å². The molecule has 0 aromatic carbocycles. The van der Waals surface area contributed by atoms with E-state index in [0.717, 1.165) is 45.1 Å². The summed E-state index contributed by atoms with van der Waals surface area (Å²) in [6.07, 6.45) is 6.10. The van der Waals surface area contributed by atoms with Crippen LogP contribution in [0.15, 0.2) is 0 Å². The van der Waals surface area contributed by atoms with Gasteiger partial charge in [0.05, 0.1) is 5.60 Å². The van der Waals surface area contributed by atoms with E-state index in [1.807, 2.05) is 0 Å². The molecule has 0 unspecified atom stereocenters. The van der Waals surface area contributed by atoms with Crippen molar-refractivity contribution in [1.29, 1.82) is 0 Å². The maximum absolute atomic E-state index is 10.3. The molecule has 1 rings (SSSR count). The maximum Gasteiger partial charge on any atom is 0.0649 e. The van der Waals surface area contributed by atoms with Crippen molar-refractivity contribution >= 4 is 0 Å². The van der Waals surface area contributed by atoms with Crippen LogP contribution in [-0.2, 0) is 4.74 Å². The zero-order chi connectivity index (χ0) is 10.7. The molecule has 0 spiro atoms. The second kappa shape index (κ2) is 4.63. The van der Waals surface area contributed by atoms with E-state index < -0.39 is 5.60 Å². The Labute approximate surface area is 87.7 Å². The molecule has 0 atom stereocenters. The van der Waals surface area contributed by atoms with Crippen LogP contribution in [0, 0.1) is 5.41 Å². The predicted molar refractivity (Wildman–Crippen MR) is 58.3 cm³/mol. The van der Waals surface area contributed by atoms with E-state index >= 15 is 0 Å². The normalized spacial score (nSPS) is 24.9. The van der Waals surface area contributed by atoms with Crippen molar-refractivity contribution in [3.05, 3.63) is 0 Å². The summed E-state index contributed by atoms with van der Waals surface area (Å²) in [5, 5.41) is 10.3. The Morgan fingerprint density at radius 1 is 1.14 bits per heavy atom. The molecule has 0 aliphatic heterocycles. The molecule has 0 aromatic heterocycles. The monoisotopic (exact) mass is 200 g/mol. The third-order valence-corrected chi connectivity index (χ3v) is 3.52. The van der Waals surface area contributed by atoms with Gasteiger partial charge >= 0.3 is 0 Å². The highest BCUT2D eigenvalue weighted by Gasteiger charge is 2.35. The van der Waals surface area contributed by atoms with E-state index in [0.29, 0.717) is 5.41 Å². The third-order valence-electron chi connectivity index (χ3n) is 3.52. The molecule has 1 aliphatic rings. The fourth-order valence-corrected chi connectivity index (χ4v) is 2.19. The van der Waals surface area contributed by atoms with E-state index in [1.165, 1.54) is 0 Å². The molecule has 0 heterocycles. The van der Waals surface area contributed by atoms with Gasteiger partial charge in [0, 0.05) is 13.7 Å². The van der Waals surface area contributed by atoms with E-state index in [2.05, 4.69) is 13.8 Å². The van der Waals surface area contributed by atoms with Crippen molar-refractivity contribution in [3.63, 3.8) is 0 Å². The molecule has 0 radical (unpaired) electrons. The van der Waals surface area contributed by atoms with Gasteiger partial charge in [0.1, 0.15) is 0 Å². The minimum Gasteiger partial charge on any atom is -0.390 e. The zero-order valence-corrected chi connectivity index (χ0v) is 9.81. The van der Waals surface area contributed by atoms with Crippen molar-refractivity contribution in [2.75, 3.05) is 13.7 Å². The first-order chi connectivity index (χ1) is 6.47. The van der Waals surface area contributed by atoms with Crippen LogP contribution in [0.1, 0.15) is 52.4 Å². The van der Waals surface area contributed by atoms with Gasteiger partial charge in [0.25, 0.3) is 0 Å². The summed E-state index contributed by atoms with van der Waals surface area (Å²) in [4.78, 5) is 0. The average molecular weight is 200 g/mol. The fraction of sp³-hybridized carbons (Fsp3) is 1.00. The van der Waals surface area contributed by atoms with Gasteiger partial charge < -0.3 is 9.84 Å². The highest BCUT2D eigenvalue weighted by molar-refractivity contribution is 4.88. The molecule has 84 valence electrons. The Kier molecular flexibility index (Phi) is 3.96. The second-order valence-corrected chi connectivity index (χ2v) is 5.48. The first kappa shape index (κ1) is 12.0. The minimum absolute atomic E-state index is 0.395. The van der Waals surface area contributed by atoms with Crippen molar-refractivity contribution < 1.29 is 9.84 Å². The van der Waals surface area contributed by atoms with Gasteiger partial charge in [0.2, 0.25) is 0 Å². The van der Waals surface area contributed by atoms with Gasteiger partial charge in [0.15, 0.2) is 0 Å². The van der Waals surface area contributed by atoms with Crippen LogP contribution in [-0.4, -0.2) is 24.4 Å². The van der Waals surface area contributed by atoms with Crippen LogP contribution in [0.5, 0.6) is 0 Å². The van der Waals surface area contributed by atoms with Crippen molar-refractivity contribution in [2.24, 2.45) is 5.41 Å². The topological polar surface area (TPSA) is 29.5 Å². The van der Waals surface area contributed by atoms with Gasteiger partial charge in [-0.05, 0) is 43.9 Å². The van der Waals surface area contributed by atoms with Crippen LogP contribution in [0.4, 0.5) is 0 Å². The van der Waals surface area contributed by atoms with Crippen LogP contribution in [0.3, 0.4) is 0 Å². The van der Waals surface area contributed by atoms with Gasteiger partial charge in [-0.15, -0.1) is 0 Å².